The maximum atomic E-state index is 13.2. The smallest absolute Gasteiger partial charge is 0.406 e. The molecule has 0 fully saturated rings. The molecule has 17 heavy (non-hydrogen) atoms. The van der Waals surface area contributed by atoms with Crippen molar-refractivity contribution >= 4 is 0 Å². The molecule has 2 N–H and O–H groups in total. The normalized spacial score (nSPS) is 11.6. The van der Waals surface area contributed by atoms with Crippen LogP contribution in [-0.2, 0) is 6.54 Å². The quantitative estimate of drug-likeness (QED) is 0.621. The molecule has 1 rings (SSSR count). The lowest BCUT2D eigenvalue weighted by Gasteiger charge is -2.11. The van der Waals surface area contributed by atoms with E-state index in [2.05, 4.69) is 10.1 Å². The van der Waals surface area contributed by atoms with E-state index >= 15 is 0 Å². The van der Waals surface area contributed by atoms with Gasteiger partial charge in [0, 0.05) is 18.7 Å². The molecule has 0 heterocycles. The van der Waals surface area contributed by atoms with Crippen molar-refractivity contribution < 1.29 is 27.4 Å². The number of nitrogens with one attached hydrogen (secondary N) is 1. The number of hydrogen-bond acceptors (Lipinski definition) is 3. The minimum Gasteiger partial charge on any atom is -0.406 e. The zero-order valence-electron chi connectivity index (χ0n) is 8.72. The van der Waals surface area contributed by atoms with Crippen LogP contribution < -0.4 is 10.1 Å². The minimum atomic E-state index is -4.80. The molecule has 0 unspecified atom stereocenters. The predicted octanol–water partition coefficient (Wildman–Crippen LogP) is 1.81. The van der Waals surface area contributed by atoms with Gasteiger partial charge in [-0.3, -0.25) is 0 Å². The van der Waals surface area contributed by atoms with E-state index in [1.54, 1.807) is 0 Å². The maximum absolute atomic E-state index is 13.2. The van der Waals surface area contributed by atoms with Gasteiger partial charge in [0.2, 0.25) is 0 Å². The highest BCUT2D eigenvalue weighted by Gasteiger charge is 2.31. The third-order valence-electron chi connectivity index (χ3n) is 1.85. The van der Waals surface area contributed by atoms with Crippen molar-refractivity contribution in [1.29, 1.82) is 0 Å². The largest absolute Gasteiger partial charge is 0.573 e. The third-order valence-corrected chi connectivity index (χ3v) is 1.85. The first-order valence-corrected chi connectivity index (χ1v) is 4.78. The Hall–Kier alpha value is -1.34. The molecule has 96 valence electrons. The van der Waals surface area contributed by atoms with Gasteiger partial charge in [0.15, 0.2) is 0 Å². The fourth-order valence-corrected chi connectivity index (χ4v) is 1.19. The Morgan fingerprint density at radius 1 is 1.29 bits per heavy atom. The fourth-order valence-electron chi connectivity index (χ4n) is 1.19. The van der Waals surface area contributed by atoms with Crippen molar-refractivity contribution in [2.45, 2.75) is 12.9 Å². The first kappa shape index (κ1) is 13.7. The predicted molar refractivity (Wildman–Crippen MR) is 51.9 cm³/mol. The van der Waals surface area contributed by atoms with E-state index in [4.69, 9.17) is 5.11 Å². The van der Waals surface area contributed by atoms with Crippen LogP contribution in [0.2, 0.25) is 0 Å². The number of ether oxygens (including phenoxy) is 1. The van der Waals surface area contributed by atoms with Crippen LogP contribution in [0, 0.1) is 5.82 Å². The Morgan fingerprint density at radius 2 is 2.00 bits per heavy atom. The molecular formula is C10H11F4NO2. The fraction of sp³-hybridized carbons (Fsp3) is 0.400. The summed E-state index contributed by atoms with van der Waals surface area (Å²) in [5.74, 6) is -1.11. The molecule has 7 heteroatoms. The number of aliphatic hydroxyl groups is 1. The Bertz CT molecular complexity index is 368. The molecule has 0 amide bonds. The van der Waals surface area contributed by atoms with Crippen LogP contribution in [0.25, 0.3) is 0 Å². The molecule has 0 aliphatic carbocycles. The van der Waals surface area contributed by atoms with Crippen LogP contribution in [0.3, 0.4) is 0 Å². The molecule has 0 atom stereocenters. The van der Waals surface area contributed by atoms with Crippen molar-refractivity contribution in [3.8, 4) is 5.75 Å². The van der Waals surface area contributed by atoms with Crippen LogP contribution in [0.5, 0.6) is 5.75 Å². The summed E-state index contributed by atoms with van der Waals surface area (Å²) in [5.41, 5.74) is 0.0419. The molecule has 0 aromatic heterocycles. The lowest BCUT2D eigenvalue weighted by molar-refractivity contribution is -0.274. The molecule has 0 saturated carbocycles. The zero-order valence-corrected chi connectivity index (χ0v) is 8.72. The van der Waals surface area contributed by atoms with Gasteiger partial charge >= 0.3 is 6.36 Å². The van der Waals surface area contributed by atoms with E-state index in [1.807, 2.05) is 0 Å². The molecule has 0 spiro atoms. The topological polar surface area (TPSA) is 41.5 Å². The van der Waals surface area contributed by atoms with Crippen molar-refractivity contribution in [3.63, 3.8) is 0 Å². The highest BCUT2D eigenvalue weighted by Crippen LogP contribution is 2.24. The highest BCUT2D eigenvalue weighted by molar-refractivity contribution is 5.30. The van der Waals surface area contributed by atoms with Crippen LogP contribution in [0.4, 0.5) is 17.6 Å². The summed E-state index contributed by atoms with van der Waals surface area (Å²) in [4.78, 5) is 0. The van der Waals surface area contributed by atoms with E-state index < -0.39 is 17.9 Å². The van der Waals surface area contributed by atoms with Gasteiger partial charge in [-0.2, -0.15) is 0 Å². The summed E-state index contributed by atoms with van der Waals surface area (Å²) in [5, 5.41) is 11.1. The Morgan fingerprint density at radius 3 is 2.59 bits per heavy atom. The molecular weight excluding hydrogens is 242 g/mol. The van der Waals surface area contributed by atoms with Crippen LogP contribution >= 0.6 is 0 Å². The van der Waals surface area contributed by atoms with Gasteiger partial charge in [-0.05, 0) is 18.2 Å². The van der Waals surface area contributed by atoms with E-state index in [1.165, 1.54) is 0 Å². The molecule has 1 aromatic carbocycles. The number of rotatable bonds is 5. The van der Waals surface area contributed by atoms with Gasteiger partial charge in [0.05, 0.1) is 6.61 Å². The molecule has 0 radical (unpaired) electrons. The minimum absolute atomic E-state index is 0.0153. The zero-order chi connectivity index (χ0) is 12.9. The average Bonchev–Trinajstić information content (AvgIpc) is 2.21. The van der Waals surface area contributed by atoms with Gasteiger partial charge < -0.3 is 15.2 Å². The van der Waals surface area contributed by atoms with Gasteiger partial charge in [-0.15, -0.1) is 13.2 Å². The lowest BCUT2D eigenvalue weighted by Crippen LogP contribution is -2.19. The van der Waals surface area contributed by atoms with Gasteiger partial charge in [-0.1, -0.05) is 0 Å². The molecule has 0 aliphatic rings. The number of halogens is 4. The molecule has 3 nitrogen and oxygen atoms in total. The summed E-state index contributed by atoms with van der Waals surface area (Å²) in [7, 11) is 0. The number of hydrogen-bond donors (Lipinski definition) is 2. The summed E-state index contributed by atoms with van der Waals surface area (Å²) in [6.45, 7) is 0.103. The van der Waals surface area contributed by atoms with Crippen LogP contribution in [0.1, 0.15) is 5.56 Å². The molecule has 0 bridgehead atoms. The summed E-state index contributed by atoms with van der Waals surface area (Å²) in [6, 6.07) is 2.77. The second-order valence-corrected chi connectivity index (χ2v) is 3.20. The lowest BCUT2D eigenvalue weighted by atomic mass is 10.2. The Kier molecular flexibility index (Phi) is 4.71. The van der Waals surface area contributed by atoms with Gasteiger partial charge in [0.25, 0.3) is 0 Å². The van der Waals surface area contributed by atoms with Crippen molar-refractivity contribution in [2.75, 3.05) is 13.2 Å². The van der Waals surface area contributed by atoms with Gasteiger partial charge in [-0.25, -0.2) is 4.39 Å². The number of aliphatic hydroxyl groups excluding tert-OH is 1. The third kappa shape index (κ3) is 5.01. The van der Waals surface area contributed by atoms with E-state index in [0.717, 1.165) is 18.2 Å². The Labute approximate surface area is 95.0 Å². The van der Waals surface area contributed by atoms with E-state index in [0.29, 0.717) is 0 Å². The first-order valence-electron chi connectivity index (χ1n) is 4.78. The molecule has 0 aliphatic heterocycles. The standard InChI is InChI=1S/C10H11F4NO2/c11-9-2-1-8(17-10(12,13)14)5-7(9)6-15-3-4-16/h1-2,5,15-16H,3-4,6H2. The van der Waals surface area contributed by atoms with Gasteiger partial charge in [0.1, 0.15) is 11.6 Å². The van der Waals surface area contributed by atoms with Crippen molar-refractivity contribution in [3.05, 3.63) is 29.6 Å². The SMILES string of the molecule is OCCNCc1cc(OC(F)(F)F)ccc1F. The second-order valence-electron chi connectivity index (χ2n) is 3.20. The molecule has 0 saturated heterocycles. The van der Waals surface area contributed by atoms with Crippen LogP contribution in [-0.4, -0.2) is 24.6 Å². The van der Waals surface area contributed by atoms with E-state index in [-0.39, 0.29) is 25.3 Å². The maximum Gasteiger partial charge on any atom is 0.573 e. The van der Waals surface area contributed by atoms with E-state index in [9.17, 15) is 17.6 Å². The molecule has 1 aromatic rings. The summed E-state index contributed by atoms with van der Waals surface area (Å²) < 4.78 is 52.6. The number of benzene rings is 1. The first-order chi connectivity index (χ1) is 7.92. The summed E-state index contributed by atoms with van der Waals surface area (Å²) >= 11 is 0. The average molecular weight is 253 g/mol. The second kappa shape index (κ2) is 5.83. The highest BCUT2D eigenvalue weighted by atomic mass is 19.4. The van der Waals surface area contributed by atoms with Crippen molar-refractivity contribution in [1.82, 2.24) is 5.32 Å². The van der Waals surface area contributed by atoms with Crippen molar-refractivity contribution in [2.24, 2.45) is 0 Å². The number of alkyl halides is 3. The monoisotopic (exact) mass is 253 g/mol. The van der Waals surface area contributed by atoms with Crippen LogP contribution in [0.15, 0.2) is 18.2 Å². The Balaban J connectivity index is 2.72. The summed E-state index contributed by atoms with van der Waals surface area (Å²) in [6.07, 6.45) is -4.80.